The molecule has 10 nitrogen and oxygen atoms in total. The zero-order valence-electron chi connectivity index (χ0n) is 12.0. The van der Waals surface area contributed by atoms with Gasteiger partial charge in [0.1, 0.15) is 32.8 Å². The number of nitro groups is 2. The zero-order valence-corrected chi connectivity index (χ0v) is 12.0. The molecule has 2 aliphatic rings. The molecule has 1 saturated heterocycles. The molecule has 1 aliphatic heterocycles. The number of piperidine rings is 1. The van der Waals surface area contributed by atoms with Crippen LogP contribution in [0.15, 0.2) is 12.2 Å². The van der Waals surface area contributed by atoms with Gasteiger partial charge in [-0.1, -0.05) is 6.08 Å². The molecule has 1 aliphatic carbocycles. The number of quaternary nitrogens is 1. The van der Waals surface area contributed by atoms with E-state index in [1.165, 1.54) is 12.2 Å². The van der Waals surface area contributed by atoms with E-state index in [2.05, 4.69) is 0 Å². The first kappa shape index (κ1) is 16.7. The Morgan fingerprint density at radius 2 is 1.68 bits per heavy atom. The summed E-state index contributed by atoms with van der Waals surface area (Å²) in [6, 6.07) is 0. The number of fused-ring (bicyclic) bond motifs is 2. The minimum absolute atomic E-state index is 0.0530. The second kappa shape index (κ2) is 5.54. The van der Waals surface area contributed by atoms with E-state index in [1.54, 1.807) is 0 Å². The fraction of sp³-hybridized carbons (Fsp3) is 0.833. The Morgan fingerprint density at radius 3 is 2.14 bits per heavy atom. The van der Waals surface area contributed by atoms with Gasteiger partial charge in [-0.25, -0.2) is 0 Å². The van der Waals surface area contributed by atoms with Crippen LogP contribution in [0.2, 0.25) is 0 Å². The number of likely N-dealkylation sites (tertiary alicyclic amines) is 1. The maximum atomic E-state index is 11.5. The summed E-state index contributed by atoms with van der Waals surface area (Å²) in [6.45, 7) is -2.10. The van der Waals surface area contributed by atoms with E-state index < -0.39 is 46.3 Å². The van der Waals surface area contributed by atoms with Gasteiger partial charge in [0.25, 0.3) is 11.1 Å². The summed E-state index contributed by atoms with van der Waals surface area (Å²) in [7, 11) is 0. The van der Waals surface area contributed by atoms with Crippen molar-refractivity contribution in [1.82, 2.24) is 0 Å². The van der Waals surface area contributed by atoms with Gasteiger partial charge < -0.3 is 20.2 Å². The minimum atomic E-state index is -1.62. The van der Waals surface area contributed by atoms with Crippen molar-refractivity contribution < 1.29 is 30.1 Å². The molecule has 0 saturated carbocycles. The number of nitrogens with one attached hydrogen (secondary N) is 1. The highest BCUT2D eigenvalue weighted by Crippen LogP contribution is 2.36. The van der Waals surface area contributed by atoms with Gasteiger partial charge in [-0.2, -0.15) is 0 Å². The first-order valence-electron chi connectivity index (χ1n) is 6.94. The highest BCUT2D eigenvalue weighted by atomic mass is 16.6. The van der Waals surface area contributed by atoms with Crippen molar-refractivity contribution in [3.8, 4) is 0 Å². The smallest absolute Gasteiger partial charge is 0.294 e. The van der Waals surface area contributed by atoms with Crippen LogP contribution in [0.1, 0.15) is 12.8 Å². The van der Waals surface area contributed by atoms with Crippen molar-refractivity contribution in [2.75, 3.05) is 32.9 Å². The van der Waals surface area contributed by atoms with Gasteiger partial charge in [0.15, 0.2) is 12.1 Å². The number of aliphatic hydroxyl groups is 3. The van der Waals surface area contributed by atoms with Gasteiger partial charge >= 0.3 is 0 Å². The molecule has 0 radical (unpaired) electrons. The Balaban J connectivity index is 2.50. The molecule has 0 spiro atoms. The number of rotatable bonds is 6. The van der Waals surface area contributed by atoms with Crippen LogP contribution in [0.25, 0.3) is 0 Å². The Bertz CT molecular complexity index is 499. The molecule has 10 heteroatoms. The molecule has 1 heterocycles. The average Bonchev–Trinajstić information content (AvgIpc) is 2.49. The first-order valence-corrected chi connectivity index (χ1v) is 6.94. The molecule has 124 valence electrons. The summed E-state index contributed by atoms with van der Waals surface area (Å²) in [4.78, 5) is 22.3. The van der Waals surface area contributed by atoms with Gasteiger partial charge in [0.05, 0.1) is 0 Å². The highest BCUT2D eigenvalue weighted by molar-refractivity contribution is 5.14. The number of hydrogen-bond donors (Lipinski definition) is 4. The summed E-state index contributed by atoms with van der Waals surface area (Å²) < 4.78 is 0. The van der Waals surface area contributed by atoms with E-state index in [1.807, 2.05) is 0 Å². The maximum absolute atomic E-state index is 11.5. The van der Waals surface area contributed by atoms with Crippen LogP contribution in [0.5, 0.6) is 0 Å². The lowest BCUT2D eigenvalue weighted by Gasteiger charge is -2.47. The predicted octanol–water partition coefficient (Wildman–Crippen LogP) is -3.02. The van der Waals surface area contributed by atoms with Crippen LogP contribution < -0.4 is 4.90 Å². The van der Waals surface area contributed by atoms with E-state index in [9.17, 15) is 35.5 Å². The summed E-state index contributed by atoms with van der Waals surface area (Å²) in [5.41, 5.74) is -4.60. The van der Waals surface area contributed by atoms with Crippen molar-refractivity contribution in [2.24, 2.45) is 0 Å². The molecule has 22 heavy (non-hydrogen) atoms. The lowest BCUT2D eigenvalue weighted by Crippen LogP contribution is -3.26. The molecule has 1 fully saturated rings. The molecule has 0 aromatic rings. The lowest BCUT2D eigenvalue weighted by molar-refractivity contribution is -0.989. The Kier molecular flexibility index (Phi) is 4.22. The Labute approximate surface area is 126 Å². The van der Waals surface area contributed by atoms with Crippen LogP contribution in [0.4, 0.5) is 0 Å². The fourth-order valence-corrected chi connectivity index (χ4v) is 3.54. The third-order valence-corrected chi connectivity index (χ3v) is 5.03. The Morgan fingerprint density at radius 1 is 1.09 bits per heavy atom. The van der Waals surface area contributed by atoms with Crippen molar-refractivity contribution in [3.05, 3.63) is 32.4 Å². The third kappa shape index (κ3) is 2.28. The highest BCUT2D eigenvalue weighted by Gasteiger charge is 2.67. The lowest BCUT2D eigenvalue weighted by atomic mass is 9.71. The van der Waals surface area contributed by atoms with Crippen LogP contribution in [-0.4, -0.2) is 74.7 Å². The number of nitrogens with zero attached hydrogens (tertiary/aromatic N) is 2. The Hall–Kier alpha value is -1.62. The molecule has 0 amide bonds. The van der Waals surface area contributed by atoms with Gasteiger partial charge in [0, 0.05) is 16.3 Å². The number of aliphatic hydroxyl groups excluding tert-OH is 3. The normalized spacial score (nSPS) is 34.4. The second-order valence-corrected chi connectivity index (χ2v) is 6.34. The monoisotopic (exact) mass is 318 g/mol. The standard InChI is InChI=1S/C12H19N3O7/c16-7-12(8-17,9-18)13-5-10(14(19)20)2-1-3-11(4-10,6-13)15(21)22/h1-2,16-18H,3-9H2/p+1/t10-,11+/m0/s1. The fourth-order valence-electron chi connectivity index (χ4n) is 3.54. The largest absolute Gasteiger partial charge is 0.390 e. The van der Waals surface area contributed by atoms with E-state index in [0.29, 0.717) is 0 Å². The van der Waals surface area contributed by atoms with E-state index in [0.717, 1.165) is 0 Å². The molecular weight excluding hydrogens is 298 g/mol. The molecule has 0 aromatic carbocycles. The van der Waals surface area contributed by atoms with Crippen molar-refractivity contribution in [1.29, 1.82) is 0 Å². The summed E-state index contributed by atoms with van der Waals surface area (Å²) in [5, 5.41) is 51.7. The first-order chi connectivity index (χ1) is 10.3. The zero-order chi connectivity index (χ0) is 16.6. The molecular formula is C12H20N3O7+. The number of hydrogen-bond acceptors (Lipinski definition) is 7. The van der Waals surface area contributed by atoms with E-state index in [4.69, 9.17) is 0 Å². The van der Waals surface area contributed by atoms with E-state index in [-0.39, 0.29) is 30.8 Å². The summed E-state index contributed by atoms with van der Waals surface area (Å²) in [5.74, 6) is 0. The van der Waals surface area contributed by atoms with Gasteiger partial charge in [0.2, 0.25) is 0 Å². The van der Waals surface area contributed by atoms with Crippen LogP contribution >= 0.6 is 0 Å². The molecule has 0 aromatic heterocycles. The van der Waals surface area contributed by atoms with Crippen LogP contribution in [-0.2, 0) is 0 Å². The van der Waals surface area contributed by atoms with Crippen molar-refractivity contribution in [2.45, 2.75) is 29.5 Å². The third-order valence-electron chi connectivity index (χ3n) is 5.03. The van der Waals surface area contributed by atoms with Crippen molar-refractivity contribution in [3.63, 3.8) is 0 Å². The quantitative estimate of drug-likeness (QED) is 0.231. The molecule has 2 rings (SSSR count). The summed E-state index contributed by atoms with van der Waals surface area (Å²) >= 11 is 0. The second-order valence-electron chi connectivity index (χ2n) is 6.34. The maximum Gasteiger partial charge on any atom is 0.294 e. The molecule has 2 bridgehead atoms. The predicted molar refractivity (Wildman–Crippen MR) is 72.5 cm³/mol. The average molecular weight is 318 g/mol. The minimum Gasteiger partial charge on any atom is -0.390 e. The van der Waals surface area contributed by atoms with Gasteiger partial charge in [-0.05, 0) is 6.08 Å². The van der Waals surface area contributed by atoms with E-state index >= 15 is 0 Å². The molecule has 3 atom stereocenters. The summed E-state index contributed by atoms with van der Waals surface area (Å²) in [6.07, 6.45) is 2.66. The molecule has 4 N–H and O–H groups in total. The topological polar surface area (TPSA) is 151 Å². The van der Waals surface area contributed by atoms with Gasteiger partial charge in [-0.15, -0.1) is 0 Å². The van der Waals surface area contributed by atoms with Crippen LogP contribution in [0, 0.1) is 20.2 Å². The SMILES string of the molecule is O=[N+]([O-])[C@]12C=CC[C@]([N+](=O)[O-])(C[NH+](C(CO)(CO)CO)C1)C2. The molecule has 1 unspecified atom stereocenters. The van der Waals surface area contributed by atoms with Crippen LogP contribution in [0.3, 0.4) is 0 Å². The van der Waals surface area contributed by atoms with Gasteiger partial charge in [-0.3, -0.25) is 20.2 Å². The van der Waals surface area contributed by atoms with Crippen molar-refractivity contribution >= 4 is 0 Å².